The molecule has 2 nitrogen and oxygen atoms in total. The Bertz CT molecular complexity index is 690. The lowest BCUT2D eigenvalue weighted by Gasteiger charge is -2.11. The molecule has 18 heavy (non-hydrogen) atoms. The molecule has 1 N–H and O–H groups in total. The number of hydrogen-bond acceptors (Lipinski definition) is 3. The van der Waals surface area contributed by atoms with E-state index in [4.69, 9.17) is 0 Å². The number of aromatic nitrogens is 1. The first kappa shape index (κ1) is 11.8. The van der Waals surface area contributed by atoms with Gasteiger partial charge < -0.3 is 5.11 Å². The van der Waals surface area contributed by atoms with E-state index in [2.05, 4.69) is 20.9 Å². The molecule has 0 saturated carbocycles. The van der Waals surface area contributed by atoms with Crippen LogP contribution in [-0.4, -0.2) is 10.1 Å². The van der Waals surface area contributed by atoms with Gasteiger partial charge in [-0.15, -0.1) is 11.3 Å². The molecule has 1 atom stereocenters. The Balaban J connectivity index is 2.14. The van der Waals surface area contributed by atoms with Crippen molar-refractivity contribution in [3.05, 3.63) is 63.0 Å². The summed E-state index contributed by atoms with van der Waals surface area (Å²) < 4.78 is 1.03. The normalized spacial score (nSPS) is 12.8. The van der Waals surface area contributed by atoms with Crippen molar-refractivity contribution in [2.24, 2.45) is 0 Å². The predicted octanol–water partition coefficient (Wildman–Crippen LogP) is 4.14. The third-order valence-corrected chi connectivity index (χ3v) is 4.55. The van der Waals surface area contributed by atoms with E-state index in [0.29, 0.717) is 0 Å². The first-order chi connectivity index (χ1) is 8.75. The van der Waals surface area contributed by atoms with Crippen LogP contribution in [0.5, 0.6) is 0 Å². The van der Waals surface area contributed by atoms with Crippen molar-refractivity contribution in [1.29, 1.82) is 0 Å². The average Bonchev–Trinajstić information content (AvgIpc) is 2.84. The fourth-order valence-electron chi connectivity index (χ4n) is 2.01. The zero-order chi connectivity index (χ0) is 12.5. The zero-order valence-electron chi connectivity index (χ0n) is 9.38. The minimum Gasteiger partial charge on any atom is -0.383 e. The van der Waals surface area contributed by atoms with Crippen LogP contribution in [0.4, 0.5) is 0 Å². The summed E-state index contributed by atoms with van der Waals surface area (Å²) in [6.07, 6.45) is 2.98. The molecule has 1 aromatic carbocycles. The first-order valence-corrected chi connectivity index (χ1v) is 7.12. The second-order valence-corrected chi connectivity index (χ2v) is 6.48. The van der Waals surface area contributed by atoms with Crippen LogP contribution in [0.15, 0.2) is 52.6 Å². The van der Waals surface area contributed by atoms with Gasteiger partial charge in [0.05, 0.1) is 3.79 Å². The molecule has 90 valence electrons. The standard InChI is InChI=1S/C14H10BrNOS/c15-13-5-4-12(18-13)14(17)11-3-1-2-9-8-16-7-6-10(9)11/h1-8,14,17H. The molecule has 0 amide bonds. The molecule has 2 aromatic heterocycles. The second kappa shape index (κ2) is 4.80. The van der Waals surface area contributed by atoms with Gasteiger partial charge in [0.1, 0.15) is 6.10 Å². The van der Waals surface area contributed by atoms with Crippen molar-refractivity contribution in [2.75, 3.05) is 0 Å². The summed E-state index contributed by atoms with van der Waals surface area (Å²) in [6, 6.07) is 11.8. The molecule has 0 radical (unpaired) electrons. The second-order valence-electron chi connectivity index (χ2n) is 3.99. The number of benzene rings is 1. The van der Waals surface area contributed by atoms with E-state index >= 15 is 0 Å². The molecule has 1 unspecified atom stereocenters. The molecule has 3 aromatic rings. The molecule has 0 bridgehead atoms. The van der Waals surface area contributed by atoms with Gasteiger partial charge in [-0.3, -0.25) is 4.98 Å². The van der Waals surface area contributed by atoms with Gasteiger partial charge in [-0.05, 0) is 45.1 Å². The molecule has 2 heterocycles. The van der Waals surface area contributed by atoms with Gasteiger partial charge in [-0.2, -0.15) is 0 Å². The van der Waals surface area contributed by atoms with Crippen molar-refractivity contribution < 1.29 is 5.11 Å². The fraction of sp³-hybridized carbons (Fsp3) is 0.0714. The molecular formula is C14H10BrNOS. The van der Waals surface area contributed by atoms with Gasteiger partial charge in [0.15, 0.2) is 0 Å². The SMILES string of the molecule is OC(c1ccc(Br)s1)c1cccc2cnccc12. The number of pyridine rings is 1. The zero-order valence-corrected chi connectivity index (χ0v) is 11.8. The van der Waals surface area contributed by atoms with Gasteiger partial charge in [0.2, 0.25) is 0 Å². The molecule has 0 spiro atoms. The molecule has 0 saturated heterocycles. The highest BCUT2D eigenvalue weighted by molar-refractivity contribution is 9.11. The largest absolute Gasteiger partial charge is 0.383 e. The maximum Gasteiger partial charge on any atom is 0.114 e. The minimum absolute atomic E-state index is 0.590. The highest BCUT2D eigenvalue weighted by Crippen LogP contribution is 2.33. The number of nitrogens with zero attached hydrogens (tertiary/aromatic N) is 1. The van der Waals surface area contributed by atoms with E-state index in [1.165, 1.54) is 0 Å². The van der Waals surface area contributed by atoms with E-state index in [1.54, 1.807) is 17.5 Å². The lowest BCUT2D eigenvalue weighted by Crippen LogP contribution is -1.98. The number of thiophene rings is 1. The van der Waals surface area contributed by atoms with E-state index in [-0.39, 0.29) is 0 Å². The number of aliphatic hydroxyl groups is 1. The predicted molar refractivity (Wildman–Crippen MR) is 77.8 cm³/mol. The Morgan fingerprint density at radius 3 is 2.83 bits per heavy atom. The first-order valence-electron chi connectivity index (χ1n) is 5.51. The number of aliphatic hydroxyl groups excluding tert-OH is 1. The smallest absolute Gasteiger partial charge is 0.114 e. The molecule has 4 heteroatoms. The quantitative estimate of drug-likeness (QED) is 0.770. The van der Waals surface area contributed by atoms with Crippen LogP contribution in [-0.2, 0) is 0 Å². The number of hydrogen-bond donors (Lipinski definition) is 1. The number of rotatable bonds is 2. The summed E-state index contributed by atoms with van der Waals surface area (Å²) in [5.74, 6) is 0. The number of fused-ring (bicyclic) bond motifs is 1. The third-order valence-electron chi connectivity index (χ3n) is 2.87. The van der Waals surface area contributed by atoms with Crippen molar-refractivity contribution >= 4 is 38.0 Å². The van der Waals surface area contributed by atoms with Gasteiger partial charge in [0, 0.05) is 22.7 Å². The van der Waals surface area contributed by atoms with Gasteiger partial charge in [-0.25, -0.2) is 0 Å². The summed E-state index contributed by atoms with van der Waals surface area (Å²) in [4.78, 5) is 5.04. The van der Waals surface area contributed by atoms with E-state index in [9.17, 15) is 5.11 Å². The monoisotopic (exact) mass is 319 g/mol. The minimum atomic E-state index is -0.590. The Kier molecular flexibility index (Phi) is 3.16. The van der Waals surface area contributed by atoms with Gasteiger partial charge in [0.25, 0.3) is 0 Å². The molecule has 0 aliphatic carbocycles. The maximum atomic E-state index is 10.5. The van der Waals surface area contributed by atoms with Gasteiger partial charge in [-0.1, -0.05) is 18.2 Å². The Morgan fingerprint density at radius 2 is 2.06 bits per heavy atom. The van der Waals surface area contributed by atoms with Crippen molar-refractivity contribution in [1.82, 2.24) is 4.98 Å². The van der Waals surface area contributed by atoms with Gasteiger partial charge >= 0.3 is 0 Å². The number of halogens is 1. The van der Waals surface area contributed by atoms with Crippen LogP contribution in [0.3, 0.4) is 0 Å². The molecule has 0 aliphatic rings. The summed E-state index contributed by atoms with van der Waals surface area (Å²) in [5, 5.41) is 12.6. The Labute approximate surface area is 117 Å². The summed E-state index contributed by atoms with van der Waals surface area (Å²) in [6.45, 7) is 0. The molecule has 0 fully saturated rings. The van der Waals surface area contributed by atoms with Crippen LogP contribution in [0.25, 0.3) is 10.8 Å². The van der Waals surface area contributed by atoms with Crippen LogP contribution < -0.4 is 0 Å². The average molecular weight is 320 g/mol. The molecular weight excluding hydrogens is 310 g/mol. The summed E-state index contributed by atoms with van der Waals surface area (Å²) in [7, 11) is 0. The molecule has 0 aliphatic heterocycles. The lowest BCUT2D eigenvalue weighted by atomic mass is 10.0. The van der Waals surface area contributed by atoms with E-state index < -0.39 is 6.10 Å². The van der Waals surface area contributed by atoms with Crippen LogP contribution >= 0.6 is 27.3 Å². The third kappa shape index (κ3) is 2.07. The molecule has 3 rings (SSSR count). The fourth-order valence-corrected chi connectivity index (χ4v) is 3.44. The highest BCUT2D eigenvalue weighted by Gasteiger charge is 2.15. The Hall–Kier alpha value is -1.23. The van der Waals surface area contributed by atoms with E-state index in [0.717, 1.165) is 25.0 Å². The summed E-state index contributed by atoms with van der Waals surface area (Å²) in [5.41, 5.74) is 0.921. The van der Waals surface area contributed by atoms with Crippen molar-refractivity contribution in [3.63, 3.8) is 0 Å². The maximum absolute atomic E-state index is 10.5. The van der Waals surface area contributed by atoms with Crippen LogP contribution in [0, 0.1) is 0 Å². The van der Waals surface area contributed by atoms with E-state index in [1.807, 2.05) is 42.6 Å². The topological polar surface area (TPSA) is 33.1 Å². The summed E-state index contributed by atoms with van der Waals surface area (Å²) >= 11 is 4.97. The van der Waals surface area contributed by atoms with Crippen molar-refractivity contribution in [3.8, 4) is 0 Å². The van der Waals surface area contributed by atoms with Crippen LogP contribution in [0.2, 0.25) is 0 Å². The van der Waals surface area contributed by atoms with Crippen LogP contribution in [0.1, 0.15) is 16.5 Å². The highest BCUT2D eigenvalue weighted by atomic mass is 79.9. The van der Waals surface area contributed by atoms with Crippen molar-refractivity contribution in [2.45, 2.75) is 6.10 Å². The lowest BCUT2D eigenvalue weighted by molar-refractivity contribution is 0.226. The Morgan fingerprint density at radius 1 is 1.17 bits per heavy atom.